The Morgan fingerprint density at radius 3 is 2.87 bits per heavy atom. The van der Waals surface area contributed by atoms with Crippen LogP contribution in [0.25, 0.3) is 50.0 Å². The first kappa shape index (κ1) is 24.4. The minimum Gasteiger partial charge on any atom is -0.338 e. The van der Waals surface area contributed by atoms with Gasteiger partial charge in [-0.3, -0.25) is 15.0 Å². The fourth-order valence-corrected chi connectivity index (χ4v) is 5.63. The van der Waals surface area contributed by atoms with Crippen molar-refractivity contribution in [1.29, 1.82) is 0 Å². The third-order valence-corrected chi connectivity index (χ3v) is 7.61. The second kappa shape index (κ2) is 9.74. The van der Waals surface area contributed by atoms with Crippen LogP contribution in [0.5, 0.6) is 0 Å². The monoisotopic (exact) mass is 528 g/mol. The molecule has 5 aromatic heterocycles. The summed E-state index contributed by atoms with van der Waals surface area (Å²) >= 11 is 1.66. The zero-order chi connectivity index (χ0) is 26.3. The average Bonchev–Trinajstić information content (AvgIpc) is 3.71. The second-order valence-corrected chi connectivity index (χ2v) is 10.3. The number of hydrogen-bond acceptors (Lipinski definition) is 5. The maximum atomic E-state index is 13.7. The lowest BCUT2D eigenvalue weighted by molar-refractivity contribution is 0.0131. The molecule has 0 saturated carbocycles. The van der Waals surface area contributed by atoms with Gasteiger partial charge in [-0.1, -0.05) is 18.7 Å². The molecule has 5 aromatic rings. The molecule has 192 valence electrons. The fraction of sp³-hybridized carbons (Fsp3) is 0.207. The van der Waals surface area contributed by atoms with Gasteiger partial charge in [0.25, 0.3) is 5.92 Å². The minimum atomic E-state index is -2.62. The van der Waals surface area contributed by atoms with Crippen LogP contribution in [-0.2, 0) is 0 Å². The Morgan fingerprint density at radius 2 is 2.13 bits per heavy atom. The lowest BCUT2D eigenvalue weighted by Gasteiger charge is -2.16. The first-order chi connectivity index (χ1) is 18.4. The van der Waals surface area contributed by atoms with Gasteiger partial charge < -0.3 is 4.98 Å². The molecular formula is C29H26F2N6S. The number of H-pyrrole nitrogens is 2. The van der Waals surface area contributed by atoms with Crippen molar-refractivity contribution < 1.29 is 8.78 Å². The zero-order valence-corrected chi connectivity index (χ0v) is 21.7. The van der Waals surface area contributed by atoms with E-state index in [9.17, 15) is 8.78 Å². The number of halogens is 2. The topological polar surface area (TPSA) is 73.5 Å². The lowest BCUT2D eigenvalue weighted by Crippen LogP contribution is -2.26. The molecule has 38 heavy (non-hydrogen) atoms. The molecule has 6 nitrogen and oxygen atoms in total. The van der Waals surface area contributed by atoms with E-state index in [1.807, 2.05) is 37.4 Å². The van der Waals surface area contributed by atoms with E-state index in [1.54, 1.807) is 28.5 Å². The molecule has 1 fully saturated rings. The van der Waals surface area contributed by atoms with E-state index in [1.165, 1.54) is 0 Å². The van der Waals surface area contributed by atoms with Gasteiger partial charge in [-0.05, 0) is 70.3 Å². The molecule has 6 heterocycles. The van der Waals surface area contributed by atoms with Gasteiger partial charge in [0.2, 0.25) is 0 Å². The van der Waals surface area contributed by atoms with Crippen LogP contribution in [0.15, 0.2) is 77.8 Å². The number of aromatic amines is 2. The predicted molar refractivity (Wildman–Crippen MR) is 150 cm³/mol. The molecule has 0 amide bonds. The van der Waals surface area contributed by atoms with Gasteiger partial charge in [-0.25, -0.2) is 13.8 Å². The van der Waals surface area contributed by atoms with Crippen molar-refractivity contribution in [2.75, 3.05) is 19.6 Å². The van der Waals surface area contributed by atoms with Gasteiger partial charge in [0.05, 0.1) is 29.6 Å². The lowest BCUT2D eigenvalue weighted by atomic mass is 10.0. The summed E-state index contributed by atoms with van der Waals surface area (Å²) in [6.07, 6.45) is 9.14. The smallest absolute Gasteiger partial charge is 0.261 e. The van der Waals surface area contributed by atoms with Gasteiger partial charge in [0, 0.05) is 36.5 Å². The van der Waals surface area contributed by atoms with Crippen LogP contribution in [0.3, 0.4) is 0 Å². The van der Waals surface area contributed by atoms with Crippen LogP contribution >= 0.6 is 11.3 Å². The first-order valence-electron chi connectivity index (χ1n) is 12.4. The molecule has 2 N–H and O–H groups in total. The number of nitrogens with one attached hydrogen (secondary N) is 2. The number of rotatable bonds is 7. The molecule has 1 aliphatic heterocycles. The summed E-state index contributed by atoms with van der Waals surface area (Å²) in [5, 5.41) is 13.8. The highest BCUT2D eigenvalue weighted by atomic mass is 32.1. The largest absolute Gasteiger partial charge is 0.338 e. The Bertz CT molecular complexity index is 1690. The maximum Gasteiger partial charge on any atom is 0.261 e. The van der Waals surface area contributed by atoms with E-state index in [4.69, 9.17) is 0 Å². The standard InChI is InChI=1S/C29H26F2N6S/c1-3-18(15-37-9-7-29(30,31)17-37)11-19(4-2)24-13-23-26(14-33-24)35-36-27(23)25-12-22-21(20-6-10-38-16-20)5-8-32-28(22)34-25/h3-6,8,10-14,16H,1,7,9,15,17H2,2H3,(H,32,34)(H,35,36)/b18-11+,19-4+. The highest BCUT2D eigenvalue weighted by Crippen LogP contribution is 2.34. The molecule has 0 aromatic carbocycles. The summed E-state index contributed by atoms with van der Waals surface area (Å²) in [5.74, 6) is -2.62. The van der Waals surface area contributed by atoms with E-state index in [0.29, 0.717) is 13.1 Å². The summed E-state index contributed by atoms with van der Waals surface area (Å²) in [6, 6.07) is 8.22. The van der Waals surface area contributed by atoms with Crippen molar-refractivity contribution in [1.82, 2.24) is 30.0 Å². The minimum absolute atomic E-state index is 0.104. The number of allylic oxidation sites excluding steroid dienone is 3. The third kappa shape index (κ3) is 4.59. The molecule has 0 spiro atoms. The van der Waals surface area contributed by atoms with Crippen LogP contribution in [0.1, 0.15) is 19.0 Å². The number of aromatic nitrogens is 5. The van der Waals surface area contributed by atoms with Gasteiger partial charge >= 0.3 is 0 Å². The Hall–Kier alpha value is -3.95. The Labute approximate surface area is 222 Å². The molecular weight excluding hydrogens is 502 g/mol. The van der Waals surface area contributed by atoms with E-state index in [2.05, 4.69) is 54.6 Å². The quantitative estimate of drug-likeness (QED) is 0.221. The number of fused-ring (bicyclic) bond motifs is 2. The number of pyridine rings is 2. The Kier molecular flexibility index (Phi) is 6.25. The molecule has 1 saturated heterocycles. The second-order valence-electron chi connectivity index (χ2n) is 9.49. The predicted octanol–water partition coefficient (Wildman–Crippen LogP) is 7.09. The highest BCUT2D eigenvalue weighted by Gasteiger charge is 2.37. The van der Waals surface area contributed by atoms with Crippen LogP contribution < -0.4 is 0 Å². The van der Waals surface area contributed by atoms with E-state index >= 15 is 0 Å². The molecule has 0 aliphatic carbocycles. The normalized spacial score (nSPS) is 16.6. The number of nitrogens with zero attached hydrogens (tertiary/aromatic N) is 4. The zero-order valence-electron chi connectivity index (χ0n) is 20.8. The number of hydrogen-bond donors (Lipinski definition) is 2. The van der Waals surface area contributed by atoms with Crippen molar-refractivity contribution in [2.45, 2.75) is 19.3 Å². The molecule has 0 bridgehead atoms. The van der Waals surface area contributed by atoms with Crippen LogP contribution in [0.4, 0.5) is 8.78 Å². The SMILES string of the molecule is C=C/C(=C\C(=C/C)c1cc2c(-c3cc4c(-c5ccsc5)ccnc4[nH]3)n[nH]c2cn1)CN1CCC(F)(F)C1. The van der Waals surface area contributed by atoms with Gasteiger partial charge in [0.1, 0.15) is 11.3 Å². The molecule has 6 rings (SSSR count). The number of thiophene rings is 1. The summed E-state index contributed by atoms with van der Waals surface area (Å²) < 4.78 is 27.4. The third-order valence-electron chi connectivity index (χ3n) is 6.93. The molecule has 0 radical (unpaired) electrons. The van der Waals surface area contributed by atoms with Crippen LogP contribution in [-0.4, -0.2) is 55.6 Å². The Morgan fingerprint density at radius 1 is 1.24 bits per heavy atom. The number of likely N-dealkylation sites (tertiary alicyclic amines) is 1. The van der Waals surface area contributed by atoms with Crippen molar-refractivity contribution in [3.8, 4) is 22.5 Å². The summed E-state index contributed by atoms with van der Waals surface area (Å²) in [7, 11) is 0. The average molecular weight is 529 g/mol. The van der Waals surface area contributed by atoms with Gasteiger partial charge in [-0.15, -0.1) is 0 Å². The van der Waals surface area contributed by atoms with Gasteiger partial charge in [-0.2, -0.15) is 16.4 Å². The summed E-state index contributed by atoms with van der Waals surface area (Å²) in [6.45, 7) is 6.42. The van der Waals surface area contributed by atoms with E-state index in [-0.39, 0.29) is 13.0 Å². The van der Waals surface area contributed by atoms with Crippen LogP contribution in [0, 0.1) is 0 Å². The van der Waals surface area contributed by atoms with Crippen molar-refractivity contribution >= 4 is 38.8 Å². The van der Waals surface area contributed by atoms with Crippen molar-refractivity contribution in [2.24, 2.45) is 0 Å². The fourth-order valence-electron chi connectivity index (χ4n) is 4.98. The highest BCUT2D eigenvalue weighted by molar-refractivity contribution is 7.08. The molecule has 9 heteroatoms. The summed E-state index contributed by atoms with van der Waals surface area (Å²) in [4.78, 5) is 14.4. The van der Waals surface area contributed by atoms with E-state index < -0.39 is 5.92 Å². The number of alkyl halides is 2. The van der Waals surface area contributed by atoms with Crippen molar-refractivity contribution in [3.63, 3.8) is 0 Å². The molecule has 0 atom stereocenters. The van der Waals surface area contributed by atoms with E-state index in [0.717, 1.165) is 61.3 Å². The summed E-state index contributed by atoms with van der Waals surface area (Å²) in [5.41, 5.74) is 8.05. The van der Waals surface area contributed by atoms with Crippen molar-refractivity contribution in [3.05, 3.63) is 83.5 Å². The maximum absolute atomic E-state index is 13.7. The Balaban J connectivity index is 1.35. The van der Waals surface area contributed by atoms with Crippen LogP contribution in [0.2, 0.25) is 0 Å². The first-order valence-corrected chi connectivity index (χ1v) is 13.3. The molecule has 1 aliphatic rings. The molecule has 0 unspecified atom stereocenters. The van der Waals surface area contributed by atoms with Gasteiger partial charge in [0.15, 0.2) is 0 Å².